The lowest BCUT2D eigenvalue weighted by Crippen LogP contribution is -2.39. The van der Waals surface area contributed by atoms with Gasteiger partial charge in [0, 0.05) is 56.8 Å². The molecule has 7 heteroatoms. The van der Waals surface area contributed by atoms with E-state index in [9.17, 15) is 0 Å². The van der Waals surface area contributed by atoms with E-state index in [0.29, 0.717) is 11.2 Å². The molecular weight excluding hydrogens is 382 g/mol. The Labute approximate surface area is 172 Å². The third kappa shape index (κ3) is 8.73. The predicted molar refractivity (Wildman–Crippen MR) is 116 cm³/mol. The number of halogens is 1. The first-order valence-electron chi connectivity index (χ1n) is 9.61. The molecule has 1 atom stereocenters. The van der Waals surface area contributed by atoms with Crippen molar-refractivity contribution in [1.82, 2.24) is 10.6 Å². The van der Waals surface area contributed by atoms with Gasteiger partial charge in [0.2, 0.25) is 0 Å². The van der Waals surface area contributed by atoms with E-state index in [-0.39, 0.29) is 0 Å². The zero-order valence-electron chi connectivity index (χ0n) is 16.4. The Morgan fingerprint density at radius 2 is 2.19 bits per heavy atom. The van der Waals surface area contributed by atoms with Gasteiger partial charge in [-0.25, -0.2) is 0 Å². The number of ether oxygens (including phenoxy) is 2. The number of nitrogens with zero attached hydrogens (tertiary/aromatic N) is 1. The van der Waals surface area contributed by atoms with E-state index < -0.39 is 0 Å². The molecule has 2 N–H and O–H groups in total. The monoisotopic (exact) mass is 413 g/mol. The van der Waals surface area contributed by atoms with Crippen LogP contribution in [0.4, 0.5) is 0 Å². The predicted octanol–water partition coefficient (Wildman–Crippen LogP) is 3.74. The maximum atomic E-state index is 6.11. The van der Waals surface area contributed by atoms with Gasteiger partial charge in [0.15, 0.2) is 5.96 Å². The number of benzene rings is 1. The summed E-state index contributed by atoms with van der Waals surface area (Å²) in [5.74, 6) is 1.48. The van der Waals surface area contributed by atoms with Crippen molar-refractivity contribution in [3.8, 4) is 0 Å². The van der Waals surface area contributed by atoms with E-state index in [1.54, 1.807) is 18.8 Å². The number of hydrogen-bond donors (Lipinski definition) is 2. The minimum Gasteiger partial charge on any atom is -0.381 e. The van der Waals surface area contributed by atoms with Gasteiger partial charge >= 0.3 is 0 Å². The fourth-order valence-electron chi connectivity index (χ4n) is 3.00. The molecule has 0 spiro atoms. The van der Waals surface area contributed by atoms with Crippen molar-refractivity contribution in [2.45, 2.75) is 24.5 Å². The molecular formula is C20H32ClN3O2S. The number of aliphatic imine (C=N–C) groups is 1. The highest BCUT2D eigenvalue weighted by Crippen LogP contribution is 2.27. The first kappa shape index (κ1) is 22.3. The minimum atomic E-state index is 0.324. The van der Waals surface area contributed by atoms with E-state index >= 15 is 0 Å². The van der Waals surface area contributed by atoms with E-state index in [1.165, 1.54) is 5.56 Å². The lowest BCUT2D eigenvalue weighted by Gasteiger charge is -2.21. The summed E-state index contributed by atoms with van der Waals surface area (Å²) in [5, 5.41) is 7.85. The second kappa shape index (κ2) is 13.3. The van der Waals surface area contributed by atoms with Crippen molar-refractivity contribution < 1.29 is 9.47 Å². The average molecular weight is 414 g/mol. The Morgan fingerprint density at radius 1 is 1.37 bits per heavy atom. The van der Waals surface area contributed by atoms with Gasteiger partial charge in [-0.2, -0.15) is 11.8 Å². The van der Waals surface area contributed by atoms with Gasteiger partial charge in [-0.3, -0.25) is 4.99 Å². The van der Waals surface area contributed by atoms with Crippen molar-refractivity contribution in [1.29, 1.82) is 0 Å². The van der Waals surface area contributed by atoms with Crippen molar-refractivity contribution in [3.05, 3.63) is 34.9 Å². The maximum absolute atomic E-state index is 6.11. The summed E-state index contributed by atoms with van der Waals surface area (Å²) >= 11 is 7.91. The van der Waals surface area contributed by atoms with Crippen LogP contribution in [0.5, 0.6) is 0 Å². The van der Waals surface area contributed by atoms with Crippen LogP contribution in [0.1, 0.15) is 30.1 Å². The molecule has 0 bridgehead atoms. The molecule has 0 aromatic heterocycles. The Balaban J connectivity index is 1.60. The van der Waals surface area contributed by atoms with Crippen LogP contribution in [0.3, 0.4) is 0 Å². The highest BCUT2D eigenvalue weighted by atomic mass is 35.5. The van der Waals surface area contributed by atoms with E-state index in [0.717, 1.165) is 69.8 Å². The lowest BCUT2D eigenvalue weighted by atomic mass is 10.0. The molecule has 152 valence electrons. The van der Waals surface area contributed by atoms with Crippen molar-refractivity contribution in [2.24, 2.45) is 10.9 Å². The highest BCUT2D eigenvalue weighted by Gasteiger charge is 2.13. The van der Waals surface area contributed by atoms with Crippen LogP contribution in [-0.4, -0.2) is 58.8 Å². The second-order valence-electron chi connectivity index (χ2n) is 6.64. The van der Waals surface area contributed by atoms with Crippen molar-refractivity contribution in [2.75, 3.05) is 52.8 Å². The Kier molecular flexibility index (Phi) is 11.0. The molecule has 1 aromatic rings. The molecule has 1 aliphatic heterocycles. The zero-order chi connectivity index (χ0) is 19.3. The van der Waals surface area contributed by atoms with Gasteiger partial charge in [-0.05, 0) is 49.1 Å². The van der Waals surface area contributed by atoms with Gasteiger partial charge in [-0.1, -0.05) is 23.7 Å². The van der Waals surface area contributed by atoms with Gasteiger partial charge in [0.1, 0.15) is 0 Å². The molecule has 1 saturated heterocycles. The van der Waals surface area contributed by atoms with E-state index in [4.69, 9.17) is 21.1 Å². The van der Waals surface area contributed by atoms with E-state index in [2.05, 4.69) is 27.9 Å². The molecule has 0 saturated carbocycles. The van der Waals surface area contributed by atoms with Crippen LogP contribution in [0, 0.1) is 5.92 Å². The van der Waals surface area contributed by atoms with Crippen molar-refractivity contribution in [3.63, 3.8) is 0 Å². The number of thioether (sulfide) groups is 1. The highest BCUT2D eigenvalue weighted by molar-refractivity contribution is 7.98. The Bertz CT molecular complexity index is 568. The molecule has 5 nitrogen and oxygen atoms in total. The summed E-state index contributed by atoms with van der Waals surface area (Å²) in [4.78, 5) is 4.30. The molecule has 1 aromatic carbocycles. The summed E-state index contributed by atoms with van der Waals surface area (Å²) in [6.45, 7) is 5.02. The molecule has 0 aliphatic carbocycles. The second-order valence-corrected chi connectivity index (χ2v) is 8.12. The summed E-state index contributed by atoms with van der Waals surface area (Å²) in [5.41, 5.74) is 1.22. The number of guanidine groups is 1. The number of nitrogens with one attached hydrogen (secondary N) is 2. The van der Waals surface area contributed by atoms with Crippen LogP contribution in [0.15, 0.2) is 29.3 Å². The molecule has 0 radical (unpaired) electrons. The summed E-state index contributed by atoms with van der Waals surface area (Å²) in [7, 11) is 1.80. The topological polar surface area (TPSA) is 54.9 Å². The molecule has 1 heterocycles. The summed E-state index contributed by atoms with van der Waals surface area (Å²) < 4.78 is 11.2. The average Bonchev–Trinajstić information content (AvgIpc) is 2.70. The molecule has 1 fully saturated rings. The van der Waals surface area contributed by atoms with Crippen LogP contribution >= 0.6 is 23.4 Å². The first-order valence-corrected chi connectivity index (χ1v) is 11.3. The number of hydrogen-bond acceptors (Lipinski definition) is 4. The maximum Gasteiger partial charge on any atom is 0.191 e. The first-order chi connectivity index (χ1) is 13.2. The van der Waals surface area contributed by atoms with Gasteiger partial charge in [0.25, 0.3) is 0 Å². The van der Waals surface area contributed by atoms with Crippen LogP contribution in [-0.2, 0) is 9.47 Å². The number of rotatable bonds is 10. The van der Waals surface area contributed by atoms with Gasteiger partial charge in [0.05, 0.1) is 0 Å². The SMILES string of the molecule is CN=C(NCCCOCC1CCOCC1)NCC(SC)c1cccc(Cl)c1. The minimum absolute atomic E-state index is 0.324. The fourth-order valence-corrected chi connectivity index (χ4v) is 3.87. The van der Waals surface area contributed by atoms with Crippen LogP contribution in [0.2, 0.25) is 5.02 Å². The summed E-state index contributed by atoms with van der Waals surface area (Å²) in [6.07, 6.45) is 5.32. The molecule has 0 amide bonds. The van der Waals surface area contributed by atoms with Gasteiger partial charge in [-0.15, -0.1) is 0 Å². The Morgan fingerprint density at radius 3 is 2.89 bits per heavy atom. The molecule has 27 heavy (non-hydrogen) atoms. The molecule has 2 rings (SSSR count). The largest absolute Gasteiger partial charge is 0.381 e. The zero-order valence-corrected chi connectivity index (χ0v) is 18.0. The standard InChI is InChI=1S/C20H32ClN3O2S/c1-22-20(23-9-4-10-26-15-16-7-11-25-12-8-16)24-14-19(27-2)17-5-3-6-18(21)13-17/h3,5-6,13,16,19H,4,7-12,14-15H2,1-2H3,(H2,22,23,24). The smallest absolute Gasteiger partial charge is 0.191 e. The quantitative estimate of drug-likeness (QED) is 0.347. The fraction of sp³-hybridized carbons (Fsp3) is 0.650. The van der Waals surface area contributed by atoms with E-state index in [1.807, 2.05) is 18.2 Å². The van der Waals surface area contributed by atoms with Gasteiger partial charge < -0.3 is 20.1 Å². The summed E-state index contributed by atoms with van der Waals surface area (Å²) in [6, 6.07) is 8.03. The normalized spacial score (nSPS) is 16.9. The third-order valence-electron chi connectivity index (χ3n) is 4.64. The Hall–Kier alpha value is -0.950. The lowest BCUT2D eigenvalue weighted by molar-refractivity contribution is 0.0203. The van der Waals surface area contributed by atoms with Crippen molar-refractivity contribution >= 4 is 29.3 Å². The molecule has 1 unspecified atom stereocenters. The van der Waals surface area contributed by atoms with Crippen LogP contribution < -0.4 is 10.6 Å². The van der Waals surface area contributed by atoms with Crippen LogP contribution in [0.25, 0.3) is 0 Å². The molecule has 1 aliphatic rings. The third-order valence-corrected chi connectivity index (χ3v) is 5.88.